The van der Waals surface area contributed by atoms with Crippen molar-refractivity contribution in [1.29, 1.82) is 0 Å². The number of nitrogens with one attached hydrogen (secondary N) is 1. The second-order valence-corrected chi connectivity index (χ2v) is 11.4. The Labute approximate surface area is 206 Å². The van der Waals surface area contributed by atoms with Gasteiger partial charge in [-0.05, 0) is 23.8 Å². The van der Waals surface area contributed by atoms with Gasteiger partial charge in [-0.3, -0.25) is 0 Å². The first-order chi connectivity index (χ1) is 16.9. The summed E-state index contributed by atoms with van der Waals surface area (Å²) < 4.78 is 29.4. The van der Waals surface area contributed by atoms with Gasteiger partial charge in [0.15, 0.2) is 11.6 Å². The van der Waals surface area contributed by atoms with Crippen LogP contribution >= 0.6 is 11.3 Å². The van der Waals surface area contributed by atoms with Gasteiger partial charge in [0.25, 0.3) is 0 Å². The number of fused-ring (bicyclic) bond motifs is 1. The van der Waals surface area contributed by atoms with Crippen LogP contribution in [-0.4, -0.2) is 78.2 Å². The first-order valence-electron chi connectivity index (χ1n) is 11.0. The molecule has 3 N–H and O–H groups in total. The highest BCUT2D eigenvalue weighted by molar-refractivity contribution is 7.90. The second-order valence-electron chi connectivity index (χ2n) is 8.11. The Morgan fingerprint density at radius 1 is 1.11 bits per heavy atom. The summed E-state index contributed by atoms with van der Waals surface area (Å²) in [5.41, 5.74) is 8.11. The Morgan fingerprint density at radius 3 is 2.63 bits per heavy atom. The molecular weight excluding hydrogens is 488 g/mol. The third-order valence-electron chi connectivity index (χ3n) is 5.42. The summed E-state index contributed by atoms with van der Waals surface area (Å²) >= 11 is 1.60. The maximum absolute atomic E-state index is 11.4. The van der Waals surface area contributed by atoms with Crippen LogP contribution in [0.3, 0.4) is 0 Å². The topological polar surface area (TPSA) is 149 Å². The summed E-state index contributed by atoms with van der Waals surface area (Å²) in [5.74, 6) is 2.23. The van der Waals surface area contributed by atoms with Gasteiger partial charge < -0.3 is 20.7 Å². The van der Waals surface area contributed by atoms with Crippen LogP contribution in [0.2, 0.25) is 0 Å². The van der Waals surface area contributed by atoms with Crippen LogP contribution in [0.15, 0.2) is 36.8 Å². The van der Waals surface area contributed by atoms with Gasteiger partial charge in [-0.2, -0.15) is 0 Å². The molecule has 0 aromatic carbocycles. The fourth-order valence-electron chi connectivity index (χ4n) is 3.67. The lowest BCUT2D eigenvalue weighted by Gasteiger charge is -2.28. The number of nitrogens with two attached hydrogens (primary N) is 1. The van der Waals surface area contributed by atoms with E-state index in [0.29, 0.717) is 37.0 Å². The van der Waals surface area contributed by atoms with Gasteiger partial charge in [-0.15, -0.1) is 11.3 Å². The summed E-state index contributed by atoms with van der Waals surface area (Å²) in [6.45, 7) is 3.04. The number of aromatic nitrogens is 5. The lowest BCUT2D eigenvalue weighted by molar-refractivity contribution is 0.122. The standard InChI is InChI=1S/C22H24N8O3S2/c1-35(31,32)9-4-25-18-10-14(2-3-24-18)17-11-16-19(34-17)21(30-5-7-33-8-6-30)29-20(28-16)15-12-26-22(23)27-13-15/h2-3,10-13H,4-9H2,1H3,(H,24,25)(H2,23,26,27). The monoisotopic (exact) mass is 512 g/mol. The zero-order valence-corrected chi connectivity index (χ0v) is 20.6. The van der Waals surface area contributed by atoms with E-state index in [1.807, 2.05) is 18.2 Å². The summed E-state index contributed by atoms with van der Waals surface area (Å²) in [6.07, 6.45) is 6.16. The van der Waals surface area contributed by atoms with Gasteiger partial charge in [0.1, 0.15) is 15.7 Å². The first kappa shape index (κ1) is 23.3. The van der Waals surface area contributed by atoms with E-state index >= 15 is 0 Å². The van der Waals surface area contributed by atoms with Gasteiger partial charge >= 0.3 is 0 Å². The van der Waals surface area contributed by atoms with E-state index in [2.05, 4.69) is 25.2 Å². The van der Waals surface area contributed by atoms with Crippen molar-refractivity contribution in [3.05, 3.63) is 36.8 Å². The Morgan fingerprint density at radius 2 is 1.89 bits per heavy atom. The molecule has 182 valence electrons. The number of thiophene rings is 1. The fraction of sp³-hybridized carbons (Fsp3) is 0.318. The van der Waals surface area contributed by atoms with Crippen molar-refractivity contribution in [3.63, 3.8) is 0 Å². The Bertz CT molecular complexity index is 1450. The summed E-state index contributed by atoms with van der Waals surface area (Å²) in [5, 5.41) is 3.08. The van der Waals surface area contributed by atoms with Crippen molar-refractivity contribution in [3.8, 4) is 21.8 Å². The maximum atomic E-state index is 11.4. The quantitative estimate of drug-likeness (QED) is 0.375. The number of anilines is 3. The first-order valence-corrected chi connectivity index (χ1v) is 13.8. The molecule has 1 fully saturated rings. The fourth-order valence-corrected chi connectivity index (χ4v) is 5.26. The van der Waals surface area contributed by atoms with Crippen LogP contribution in [0.1, 0.15) is 0 Å². The molecule has 5 rings (SSSR count). The second kappa shape index (κ2) is 9.68. The number of morpholine rings is 1. The number of pyridine rings is 1. The molecule has 0 saturated carbocycles. The van der Waals surface area contributed by atoms with Crippen molar-refractivity contribution in [2.75, 3.05) is 60.8 Å². The molecule has 4 aromatic heterocycles. The Kier molecular flexibility index (Phi) is 6.45. The van der Waals surface area contributed by atoms with Crippen molar-refractivity contribution < 1.29 is 13.2 Å². The van der Waals surface area contributed by atoms with Crippen molar-refractivity contribution in [1.82, 2.24) is 24.9 Å². The highest BCUT2D eigenvalue weighted by atomic mass is 32.2. The molecule has 0 amide bonds. The molecule has 4 aromatic rings. The lowest BCUT2D eigenvalue weighted by Crippen LogP contribution is -2.36. The molecule has 1 aliphatic heterocycles. The smallest absolute Gasteiger partial charge is 0.219 e. The predicted octanol–water partition coefficient (Wildman–Crippen LogP) is 2.09. The van der Waals surface area contributed by atoms with Crippen LogP contribution in [0.4, 0.5) is 17.6 Å². The molecule has 0 atom stereocenters. The van der Waals surface area contributed by atoms with Gasteiger partial charge in [-0.1, -0.05) is 0 Å². The maximum Gasteiger partial charge on any atom is 0.219 e. The number of rotatable bonds is 7. The minimum absolute atomic E-state index is 0.0396. The zero-order chi connectivity index (χ0) is 24.4. The molecule has 1 aliphatic rings. The number of nitrogen functional groups attached to an aromatic ring is 1. The molecule has 0 spiro atoms. The van der Waals surface area contributed by atoms with Crippen molar-refractivity contribution >= 4 is 49.0 Å². The van der Waals surface area contributed by atoms with Crippen LogP contribution in [0, 0.1) is 0 Å². The van der Waals surface area contributed by atoms with Gasteiger partial charge in [0.2, 0.25) is 5.95 Å². The molecule has 0 bridgehead atoms. The summed E-state index contributed by atoms with van der Waals surface area (Å²) in [4.78, 5) is 25.4. The molecule has 35 heavy (non-hydrogen) atoms. The average Bonchev–Trinajstić information content (AvgIpc) is 3.28. The van der Waals surface area contributed by atoms with E-state index in [1.54, 1.807) is 29.9 Å². The van der Waals surface area contributed by atoms with E-state index in [4.69, 9.17) is 20.4 Å². The third kappa shape index (κ3) is 5.47. The Balaban J connectivity index is 1.53. The molecular formula is C22H24N8O3S2. The van der Waals surface area contributed by atoms with Crippen LogP contribution in [-0.2, 0) is 14.6 Å². The van der Waals surface area contributed by atoms with Crippen LogP contribution < -0.4 is 16.0 Å². The minimum atomic E-state index is -3.05. The highest BCUT2D eigenvalue weighted by Crippen LogP contribution is 2.39. The molecule has 0 radical (unpaired) electrons. The number of ether oxygens (including phenoxy) is 1. The third-order valence-corrected chi connectivity index (χ3v) is 7.53. The van der Waals surface area contributed by atoms with Gasteiger partial charge in [-0.25, -0.2) is 33.3 Å². The number of sulfone groups is 1. The molecule has 11 nitrogen and oxygen atoms in total. The number of hydrogen-bond acceptors (Lipinski definition) is 12. The summed E-state index contributed by atoms with van der Waals surface area (Å²) in [7, 11) is -3.05. The highest BCUT2D eigenvalue weighted by Gasteiger charge is 2.21. The van der Waals surface area contributed by atoms with Crippen molar-refractivity contribution in [2.24, 2.45) is 0 Å². The van der Waals surface area contributed by atoms with E-state index in [-0.39, 0.29) is 11.7 Å². The Hall–Kier alpha value is -3.42. The normalized spacial score (nSPS) is 14.4. The van der Waals surface area contributed by atoms with Crippen molar-refractivity contribution in [2.45, 2.75) is 0 Å². The minimum Gasteiger partial charge on any atom is -0.378 e. The molecule has 0 aliphatic carbocycles. The molecule has 1 saturated heterocycles. The molecule has 0 unspecified atom stereocenters. The van der Waals surface area contributed by atoms with Crippen LogP contribution in [0.5, 0.6) is 0 Å². The molecule has 5 heterocycles. The summed E-state index contributed by atoms with van der Waals surface area (Å²) in [6, 6.07) is 5.86. The van der Waals surface area contributed by atoms with Crippen LogP contribution in [0.25, 0.3) is 32.0 Å². The number of hydrogen-bond donors (Lipinski definition) is 2. The molecule has 13 heteroatoms. The zero-order valence-electron chi connectivity index (χ0n) is 19.0. The number of nitrogens with zero attached hydrogens (tertiary/aromatic N) is 6. The average molecular weight is 513 g/mol. The lowest BCUT2D eigenvalue weighted by atomic mass is 10.2. The van der Waals surface area contributed by atoms with E-state index in [9.17, 15) is 8.42 Å². The van der Waals surface area contributed by atoms with Gasteiger partial charge in [0.05, 0.1) is 34.7 Å². The predicted molar refractivity (Wildman–Crippen MR) is 137 cm³/mol. The largest absolute Gasteiger partial charge is 0.378 e. The van der Waals surface area contributed by atoms with Gasteiger partial charge in [0, 0.05) is 49.4 Å². The van der Waals surface area contributed by atoms with E-state index in [0.717, 1.165) is 39.6 Å². The van der Waals surface area contributed by atoms with E-state index < -0.39 is 9.84 Å². The SMILES string of the molecule is CS(=O)(=O)CCNc1cc(-c2cc3nc(-c4cnc(N)nc4)nc(N4CCOCC4)c3s2)ccn1. The van der Waals surface area contributed by atoms with E-state index in [1.165, 1.54) is 6.26 Å².